The molecule has 6 heteroatoms. The lowest BCUT2D eigenvalue weighted by Crippen LogP contribution is -2.51. The third-order valence-electron chi connectivity index (χ3n) is 3.40. The van der Waals surface area contributed by atoms with Crippen molar-refractivity contribution in [1.82, 2.24) is 10.6 Å². The maximum absolute atomic E-state index is 11.8. The van der Waals surface area contributed by atoms with Gasteiger partial charge in [-0.15, -0.1) is 0 Å². The quantitative estimate of drug-likeness (QED) is 0.665. The molecule has 0 radical (unpaired) electrons. The highest BCUT2D eigenvalue weighted by Gasteiger charge is 2.36. The van der Waals surface area contributed by atoms with Crippen molar-refractivity contribution < 1.29 is 19.4 Å². The zero-order chi connectivity index (χ0) is 12.3. The van der Waals surface area contributed by atoms with Crippen LogP contribution in [-0.4, -0.2) is 42.4 Å². The minimum absolute atomic E-state index is 0.0327. The van der Waals surface area contributed by atoms with Gasteiger partial charge >= 0.3 is 6.09 Å². The summed E-state index contributed by atoms with van der Waals surface area (Å²) in [6, 6.07) is 0.167. The first-order valence-electron chi connectivity index (χ1n) is 6.02. The van der Waals surface area contributed by atoms with Crippen LogP contribution in [0.1, 0.15) is 25.7 Å². The topological polar surface area (TPSA) is 87.7 Å². The third kappa shape index (κ3) is 3.33. The predicted molar refractivity (Wildman–Crippen MR) is 59.7 cm³/mol. The van der Waals surface area contributed by atoms with Gasteiger partial charge in [0.1, 0.15) is 0 Å². The van der Waals surface area contributed by atoms with Crippen LogP contribution in [0.25, 0.3) is 0 Å². The second-order valence-electron chi connectivity index (χ2n) is 4.71. The molecule has 0 aromatic carbocycles. The molecule has 3 N–H and O–H groups in total. The van der Waals surface area contributed by atoms with E-state index in [0.29, 0.717) is 26.1 Å². The van der Waals surface area contributed by atoms with Crippen molar-refractivity contribution in [1.29, 1.82) is 0 Å². The normalized spacial score (nSPS) is 29.2. The van der Waals surface area contributed by atoms with Gasteiger partial charge in [-0.25, -0.2) is 4.79 Å². The molecule has 1 aliphatic heterocycles. The monoisotopic (exact) mass is 242 g/mol. The first-order chi connectivity index (χ1) is 8.15. The van der Waals surface area contributed by atoms with E-state index in [4.69, 9.17) is 9.84 Å². The molecular formula is C11H18N2O4. The maximum Gasteiger partial charge on any atom is 0.404 e. The molecule has 1 saturated carbocycles. The standard InChI is InChI=1S/C11H18N2O4/c14-10(12-8-1-3-17-4-2-8)7-5-9(6-7)13-11(15)16/h7-9,13H,1-6H2,(H,12,14)(H,15,16)/t7-,9-. The Morgan fingerprint density at radius 3 is 2.29 bits per heavy atom. The van der Waals surface area contributed by atoms with Crippen molar-refractivity contribution in [2.75, 3.05) is 13.2 Å². The van der Waals surface area contributed by atoms with Gasteiger partial charge in [-0.05, 0) is 25.7 Å². The van der Waals surface area contributed by atoms with E-state index < -0.39 is 6.09 Å². The van der Waals surface area contributed by atoms with E-state index in [1.54, 1.807) is 0 Å². The van der Waals surface area contributed by atoms with E-state index in [1.807, 2.05) is 0 Å². The zero-order valence-electron chi connectivity index (χ0n) is 9.65. The predicted octanol–water partition coefficient (Wildman–Crippen LogP) is 0.328. The molecule has 0 unspecified atom stereocenters. The lowest BCUT2D eigenvalue weighted by atomic mass is 9.79. The molecule has 6 nitrogen and oxygen atoms in total. The van der Waals surface area contributed by atoms with Crippen molar-refractivity contribution >= 4 is 12.0 Å². The number of carbonyl (C=O) groups is 2. The largest absolute Gasteiger partial charge is 0.465 e. The van der Waals surface area contributed by atoms with Crippen LogP contribution >= 0.6 is 0 Å². The van der Waals surface area contributed by atoms with Crippen LogP contribution in [0.5, 0.6) is 0 Å². The van der Waals surface area contributed by atoms with Gasteiger partial charge in [0.15, 0.2) is 0 Å². The highest BCUT2D eigenvalue weighted by Crippen LogP contribution is 2.27. The Balaban J connectivity index is 1.66. The number of hydrogen-bond acceptors (Lipinski definition) is 3. The second-order valence-corrected chi connectivity index (χ2v) is 4.71. The van der Waals surface area contributed by atoms with Gasteiger partial charge in [0, 0.05) is 31.2 Å². The summed E-state index contributed by atoms with van der Waals surface area (Å²) in [5, 5.41) is 13.9. The molecule has 0 atom stereocenters. The van der Waals surface area contributed by atoms with Gasteiger partial charge in [-0.3, -0.25) is 4.79 Å². The summed E-state index contributed by atoms with van der Waals surface area (Å²) < 4.78 is 5.22. The molecule has 2 amide bonds. The Bertz CT molecular complexity index is 296. The van der Waals surface area contributed by atoms with Crippen molar-refractivity contribution in [2.45, 2.75) is 37.8 Å². The Labute approximate surface area is 99.7 Å². The van der Waals surface area contributed by atoms with Gasteiger partial charge in [-0.1, -0.05) is 0 Å². The fourth-order valence-electron chi connectivity index (χ4n) is 2.29. The lowest BCUT2D eigenvalue weighted by Gasteiger charge is -2.35. The summed E-state index contributed by atoms with van der Waals surface area (Å²) in [6.45, 7) is 1.41. The molecule has 1 saturated heterocycles. The Kier molecular flexibility index (Phi) is 3.83. The summed E-state index contributed by atoms with van der Waals surface area (Å²) >= 11 is 0. The molecule has 2 rings (SSSR count). The lowest BCUT2D eigenvalue weighted by molar-refractivity contribution is -0.129. The number of hydrogen-bond donors (Lipinski definition) is 3. The van der Waals surface area contributed by atoms with Gasteiger partial charge in [0.05, 0.1) is 0 Å². The molecule has 0 aromatic heterocycles. The minimum atomic E-state index is -1.02. The first kappa shape index (κ1) is 12.2. The number of amides is 2. The van der Waals surface area contributed by atoms with Crippen LogP contribution in [0.2, 0.25) is 0 Å². The maximum atomic E-state index is 11.8. The van der Waals surface area contributed by atoms with Crippen molar-refractivity contribution in [3.63, 3.8) is 0 Å². The van der Waals surface area contributed by atoms with E-state index in [0.717, 1.165) is 12.8 Å². The summed E-state index contributed by atoms with van der Waals surface area (Å²) in [5.41, 5.74) is 0. The highest BCUT2D eigenvalue weighted by atomic mass is 16.5. The Hall–Kier alpha value is -1.30. The Morgan fingerprint density at radius 1 is 1.06 bits per heavy atom. The summed E-state index contributed by atoms with van der Waals surface area (Å²) in [7, 11) is 0. The van der Waals surface area contributed by atoms with Gasteiger partial charge < -0.3 is 20.5 Å². The second kappa shape index (κ2) is 5.35. The summed E-state index contributed by atoms with van der Waals surface area (Å²) in [5.74, 6) is 0.0232. The fraction of sp³-hybridized carbons (Fsp3) is 0.818. The van der Waals surface area contributed by atoms with Gasteiger partial charge in [-0.2, -0.15) is 0 Å². The molecule has 1 aliphatic carbocycles. The molecule has 1 heterocycles. The van der Waals surface area contributed by atoms with Crippen molar-refractivity contribution in [2.24, 2.45) is 5.92 Å². The number of nitrogens with one attached hydrogen (secondary N) is 2. The van der Waals surface area contributed by atoms with E-state index in [-0.39, 0.29) is 23.9 Å². The number of carboxylic acid groups (broad SMARTS) is 1. The highest BCUT2D eigenvalue weighted by molar-refractivity contribution is 5.80. The SMILES string of the molecule is O=C(O)N[C@H]1C[C@H](C(=O)NC2CCOCC2)C1. The fourth-order valence-corrected chi connectivity index (χ4v) is 2.29. The van der Waals surface area contributed by atoms with E-state index in [1.165, 1.54) is 0 Å². The molecule has 17 heavy (non-hydrogen) atoms. The molecular weight excluding hydrogens is 224 g/mol. The van der Waals surface area contributed by atoms with Crippen molar-refractivity contribution in [3.8, 4) is 0 Å². The Morgan fingerprint density at radius 2 is 1.71 bits per heavy atom. The van der Waals surface area contributed by atoms with E-state index >= 15 is 0 Å². The summed E-state index contributed by atoms with van der Waals surface area (Å²) in [4.78, 5) is 22.2. The van der Waals surface area contributed by atoms with Crippen molar-refractivity contribution in [3.05, 3.63) is 0 Å². The van der Waals surface area contributed by atoms with Crippen LogP contribution in [0.3, 0.4) is 0 Å². The molecule has 2 aliphatic rings. The van der Waals surface area contributed by atoms with E-state index in [9.17, 15) is 9.59 Å². The average Bonchev–Trinajstić information content (AvgIpc) is 2.23. The average molecular weight is 242 g/mol. The van der Waals surface area contributed by atoms with Crippen LogP contribution in [0, 0.1) is 5.92 Å². The van der Waals surface area contributed by atoms with Gasteiger partial charge in [0.2, 0.25) is 5.91 Å². The number of ether oxygens (including phenoxy) is 1. The van der Waals surface area contributed by atoms with Crippen LogP contribution in [0.15, 0.2) is 0 Å². The summed E-state index contributed by atoms with van der Waals surface area (Å²) in [6.07, 6.45) is 1.95. The van der Waals surface area contributed by atoms with Crippen LogP contribution in [0.4, 0.5) is 4.79 Å². The van der Waals surface area contributed by atoms with E-state index in [2.05, 4.69) is 10.6 Å². The molecule has 0 bridgehead atoms. The van der Waals surface area contributed by atoms with Gasteiger partial charge in [0.25, 0.3) is 0 Å². The number of rotatable bonds is 3. The molecule has 0 aromatic rings. The zero-order valence-corrected chi connectivity index (χ0v) is 9.65. The minimum Gasteiger partial charge on any atom is -0.465 e. The van der Waals surface area contributed by atoms with Crippen LogP contribution < -0.4 is 10.6 Å². The molecule has 2 fully saturated rings. The smallest absolute Gasteiger partial charge is 0.404 e. The first-order valence-corrected chi connectivity index (χ1v) is 6.02. The van der Waals surface area contributed by atoms with Crippen LogP contribution in [-0.2, 0) is 9.53 Å². The molecule has 96 valence electrons. The third-order valence-corrected chi connectivity index (χ3v) is 3.40. The number of carbonyl (C=O) groups excluding carboxylic acids is 1. The molecule has 0 spiro atoms.